The van der Waals surface area contributed by atoms with Gasteiger partial charge in [-0.15, -0.1) is 0 Å². The number of aliphatic imine (C=N–C) groups is 1. The number of nitriles is 1. The summed E-state index contributed by atoms with van der Waals surface area (Å²) in [5.41, 5.74) is 12.0. The highest BCUT2D eigenvalue weighted by Gasteiger charge is 2.19. The van der Waals surface area contributed by atoms with Gasteiger partial charge < -0.3 is 5.32 Å². The van der Waals surface area contributed by atoms with Crippen LogP contribution < -0.4 is 5.32 Å². The molecule has 9 rings (SSSR count). The molecule has 0 aliphatic carbocycles. The lowest BCUT2D eigenvalue weighted by atomic mass is 9.90. The quantitative estimate of drug-likeness (QED) is 0.192. The second kappa shape index (κ2) is 13.4. The maximum Gasteiger partial charge on any atom is 0.133 e. The number of nitrogens with one attached hydrogen (secondary N) is 1. The molecule has 0 radical (unpaired) electrons. The standard InChI is InChI=1S/C49H33N3/c50-32-33-18-20-35(21-19-33)46-30-42(29-40-14-7-8-16-43(40)46)44-17-9-15-41-28-39(26-27-45(41)44)34-22-24-37(25-23-34)48-31-47(36-10-3-1-4-11-36)51-49(52-48)38-12-5-2-6-13-38/h1-31,48H,(H,51,52). The molecule has 52 heavy (non-hydrogen) atoms. The Morgan fingerprint density at radius 2 is 1.08 bits per heavy atom. The van der Waals surface area contributed by atoms with Crippen molar-refractivity contribution in [3.8, 4) is 39.4 Å². The van der Waals surface area contributed by atoms with Crippen molar-refractivity contribution in [1.82, 2.24) is 5.32 Å². The summed E-state index contributed by atoms with van der Waals surface area (Å²) in [6.45, 7) is 0. The van der Waals surface area contributed by atoms with E-state index in [1.165, 1.54) is 43.8 Å². The molecule has 1 aliphatic heterocycles. The first-order valence-electron chi connectivity index (χ1n) is 17.5. The smallest absolute Gasteiger partial charge is 0.133 e. The molecule has 0 saturated heterocycles. The van der Waals surface area contributed by atoms with Crippen molar-refractivity contribution in [2.75, 3.05) is 0 Å². The monoisotopic (exact) mass is 663 g/mol. The van der Waals surface area contributed by atoms with Gasteiger partial charge in [0.2, 0.25) is 0 Å². The van der Waals surface area contributed by atoms with Crippen LogP contribution in [0.1, 0.15) is 28.3 Å². The summed E-state index contributed by atoms with van der Waals surface area (Å²) in [4.78, 5) is 5.15. The van der Waals surface area contributed by atoms with Crippen molar-refractivity contribution in [3.63, 3.8) is 0 Å². The molecular formula is C49H33N3. The Labute approximate surface area is 303 Å². The lowest BCUT2D eigenvalue weighted by molar-refractivity contribution is 0.880. The van der Waals surface area contributed by atoms with E-state index in [1.54, 1.807) is 0 Å². The summed E-state index contributed by atoms with van der Waals surface area (Å²) >= 11 is 0. The predicted molar refractivity (Wildman–Crippen MR) is 216 cm³/mol. The largest absolute Gasteiger partial charge is 0.340 e. The fraction of sp³-hybridized carbons (Fsp3) is 0.0204. The molecule has 244 valence electrons. The van der Waals surface area contributed by atoms with Crippen LogP contribution in [0.15, 0.2) is 193 Å². The Morgan fingerprint density at radius 1 is 0.462 bits per heavy atom. The van der Waals surface area contributed by atoms with E-state index in [-0.39, 0.29) is 6.04 Å². The first kappa shape index (κ1) is 31.0. The molecule has 0 spiro atoms. The van der Waals surface area contributed by atoms with Gasteiger partial charge in [-0.05, 0) is 102 Å². The summed E-state index contributed by atoms with van der Waals surface area (Å²) in [7, 11) is 0. The van der Waals surface area contributed by atoms with Crippen molar-refractivity contribution in [3.05, 3.63) is 210 Å². The van der Waals surface area contributed by atoms with Crippen molar-refractivity contribution >= 4 is 33.1 Å². The van der Waals surface area contributed by atoms with E-state index in [4.69, 9.17) is 4.99 Å². The molecule has 1 N–H and O–H groups in total. The van der Waals surface area contributed by atoms with Crippen LogP contribution in [0.2, 0.25) is 0 Å². The minimum absolute atomic E-state index is 0.115. The first-order valence-corrected chi connectivity index (χ1v) is 17.5. The maximum absolute atomic E-state index is 9.35. The third kappa shape index (κ3) is 5.93. The fourth-order valence-corrected chi connectivity index (χ4v) is 7.25. The van der Waals surface area contributed by atoms with E-state index in [0.29, 0.717) is 5.56 Å². The Bertz CT molecular complexity index is 2630. The van der Waals surface area contributed by atoms with Gasteiger partial charge in [-0.1, -0.05) is 152 Å². The highest BCUT2D eigenvalue weighted by molar-refractivity contribution is 6.06. The third-order valence-corrected chi connectivity index (χ3v) is 9.94. The van der Waals surface area contributed by atoms with Crippen molar-refractivity contribution in [1.29, 1.82) is 5.26 Å². The summed E-state index contributed by atoms with van der Waals surface area (Å²) in [6, 6.07) is 66.0. The molecule has 3 nitrogen and oxygen atoms in total. The normalized spacial score (nSPS) is 13.9. The molecule has 1 heterocycles. The lowest BCUT2D eigenvalue weighted by Gasteiger charge is -2.23. The molecule has 1 aliphatic rings. The number of rotatable bonds is 6. The van der Waals surface area contributed by atoms with Gasteiger partial charge in [0.25, 0.3) is 0 Å². The predicted octanol–water partition coefficient (Wildman–Crippen LogP) is 12.0. The van der Waals surface area contributed by atoms with E-state index in [0.717, 1.165) is 39.3 Å². The summed E-state index contributed by atoms with van der Waals surface area (Å²) in [6.07, 6.45) is 2.22. The summed E-state index contributed by atoms with van der Waals surface area (Å²) in [5, 5.41) is 17.7. The van der Waals surface area contributed by atoms with Crippen molar-refractivity contribution < 1.29 is 0 Å². The average Bonchev–Trinajstić information content (AvgIpc) is 3.23. The van der Waals surface area contributed by atoms with Crippen LogP contribution in [0.3, 0.4) is 0 Å². The molecule has 0 amide bonds. The van der Waals surface area contributed by atoms with Gasteiger partial charge >= 0.3 is 0 Å². The molecule has 1 atom stereocenters. The Hall–Kier alpha value is -7.02. The van der Waals surface area contributed by atoms with Gasteiger partial charge in [-0.3, -0.25) is 4.99 Å². The van der Waals surface area contributed by atoms with Gasteiger partial charge in [0, 0.05) is 11.3 Å². The number of hydrogen-bond acceptors (Lipinski definition) is 3. The van der Waals surface area contributed by atoms with Gasteiger partial charge in [0.05, 0.1) is 17.7 Å². The third-order valence-electron chi connectivity index (χ3n) is 9.94. The fourth-order valence-electron chi connectivity index (χ4n) is 7.25. The summed E-state index contributed by atoms with van der Waals surface area (Å²) < 4.78 is 0. The van der Waals surface area contributed by atoms with Gasteiger partial charge in [-0.25, -0.2) is 0 Å². The molecule has 0 aromatic heterocycles. The lowest BCUT2D eigenvalue weighted by Crippen LogP contribution is -2.27. The number of hydrogen-bond donors (Lipinski definition) is 1. The first-order chi connectivity index (χ1) is 25.7. The Kier molecular flexibility index (Phi) is 7.96. The summed E-state index contributed by atoms with van der Waals surface area (Å²) in [5.74, 6) is 0.872. The number of benzene rings is 8. The molecule has 1 unspecified atom stereocenters. The van der Waals surface area contributed by atoms with E-state index >= 15 is 0 Å². The molecule has 0 fully saturated rings. The van der Waals surface area contributed by atoms with E-state index < -0.39 is 0 Å². The number of amidine groups is 1. The molecule has 8 aromatic rings. The second-order valence-corrected chi connectivity index (χ2v) is 13.2. The van der Waals surface area contributed by atoms with Gasteiger partial charge in [0.1, 0.15) is 5.84 Å². The highest BCUT2D eigenvalue weighted by atomic mass is 15.0. The minimum Gasteiger partial charge on any atom is -0.340 e. The Balaban J connectivity index is 1.06. The zero-order valence-corrected chi connectivity index (χ0v) is 28.4. The van der Waals surface area contributed by atoms with Crippen LogP contribution in [-0.4, -0.2) is 5.84 Å². The van der Waals surface area contributed by atoms with Crippen LogP contribution in [0, 0.1) is 11.3 Å². The highest BCUT2D eigenvalue weighted by Crippen LogP contribution is 2.38. The minimum atomic E-state index is -0.115. The van der Waals surface area contributed by atoms with Crippen LogP contribution in [-0.2, 0) is 0 Å². The topological polar surface area (TPSA) is 48.2 Å². The average molecular weight is 664 g/mol. The van der Waals surface area contributed by atoms with Crippen LogP contribution >= 0.6 is 0 Å². The Morgan fingerprint density at radius 3 is 1.83 bits per heavy atom. The van der Waals surface area contributed by atoms with Crippen LogP contribution in [0.5, 0.6) is 0 Å². The molecule has 8 aromatic carbocycles. The van der Waals surface area contributed by atoms with E-state index in [2.05, 4.69) is 151 Å². The van der Waals surface area contributed by atoms with Crippen LogP contribution in [0.25, 0.3) is 60.6 Å². The molecule has 3 heteroatoms. The van der Waals surface area contributed by atoms with E-state index in [1.807, 2.05) is 48.5 Å². The molecule has 0 bridgehead atoms. The van der Waals surface area contributed by atoms with E-state index in [9.17, 15) is 5.26 Å². The van der Waals surface area contributed by atoms with Crippen molar-refractivity contribution in [2.24, 2.45) is 4.99 Å². The zero-order chi connectivity index (χ0) is 34.9. The van der Waals surface area contributed by atoms with Crippen LogP contribution in [0.4, 0.5) is 0 Å². The SMILES string of the molecule is N#Cc1ccc(-c2cc(-c3cccc4cc(-c5ccc(C6C=C(c7ccccc7)NC(c7ccccc7)=N6)cc5)ccc34)cc3ccccc23)cc1. The molecular weight excluding hydrogens is 631 g/mol. The number of fused-ring (bicyclic) bond motifs is 2. The van der Waals surface area contributed by atoms with Crippen molar-refractivity contribution in [2.45, 2.75) is 6.04 Å². The second-order valence-electron chi connectivity index (χ2n) is 13.2. The number of nitrogens with zero attached hydrogens (tertiary/aromatic N) is 2. The van der Waals surface area contributed by atoms with Gasteiger partial charge in [0.15, 0.2) is 0 Å². The van der Waals surface area contributed by atoms with Gasteiger partial charge in [-0.2, -0.15) is 5.26 Å². The molecule has 0 saturated carbocycles. The maximum atomic E-state index is 9.35. The zero-order valence-electron chi connectivity index (χ0n) is 28.4.